The number of nitriles is 1. The van der Waals surface area contributed by atoms with Crippen LogP contribution in [0.3, 0.4) is 0 Å². The Morgan fingerprint density at radius 3 is 2.82 bits per heavy atom. The van der Waals surface area contributed by atoms with Crippen molar-refractivity contribution in [1.29, 1.82) is 5.26 Å². The van der Waals surface area contributed by atoms with E-state index < -0.39 is 5.41 Å². The maximum Gasteiger partial charge on any atom is 0.244 e. The standard InChI is InChI=1S/C18H21N3O/c1-2-10-21-11-7-14-12-15(5-6-16(14)21)20-17(22)18(13-19)8-3-4-9-18/h5-7,11-12H,2-4,8-10H2,1H3,(H,20,22). The Bertz CT molecular complexity index is 732. The number of aryl methyl sites for hydroxylation is 1. The van der Waals surface area contributed by atoms with Gasteiger partial charge in [0.15, 0.2) is 0 Å². The zero-order valence-electron chi connectivity index (χ0n) is 12.9. The number of hydrogen-bond donors (Lipinski definition) is 1. The molecule has 0 saturated heterocycles. The van der Waals surface area contributed by atoms with Gasteiger partial charge in [-0.05, 0) is 43.5 Å². The highest BCUT2D eigenvalue weighted by Gasteiger charge is 2.41. The lowest BCUT2D eigenvalue weighted by Gasteiger charge is -2.19. The Kier molecular flexibility index (Phi) is 3.89. The fourth-order valence-corrected chi connectivity index (χ4v) is 3.33. The van der Waals surface area contributed by atoms with E-state index in [-0.39, 0.29) is 5.91 Å². The molecular formula is C18H21N3O. The first kappa shape index (κ1) is 14.6. The SMILES string of the molecule is CCCn1ccc2cc(NC(=O)C3(C#N)CCCC3)ccc21. The molecule has 3 rings (SSSR count). The number of nitrogens with zero attached hydrogens (tertiary/aromatic N) is 2. The maximum absolute atomic E-state index is 12.5. The molecule has 114 valence electrons. The van der Waals surface area contributed by atoms with Gasteiger partial charge in [0.2, 0.25) is 5.91 Å². The third-order valence-corrected chi connectivity index (χ3v) is 4.60. The van der Waals surface area contributed by atoms with E-state index in [1.165, 1.54) is 5.52 Å². The topological polar surface area (TPSA) is 57.8 Å². The quantitative estimate of drug-likeness (QED) is 0.924. The molecule has 1 fully saturated rings. The largest absolute Gasteiger partial charge is 0.347 e. The van der Waals surface area contributed by atoms with E-state index in [4.69, 9.17) is 0 Å². The lowest BCUT2D eigenvalue weighted by molar-refractivity contribution is -0.122. The summed E-state index contributed by atoms with van der Waals surface area (Å²) in [7, 11) is 0. The molecule has 0 atom stereocenters. The predicted octanol–water partition coefficient (Wildman–Crippen LogP) is 4.07. The minimum absolute atomic E-state index is 0.153. The first-order valence-electron chi connectivity index (χ1n) is 8.00. The van der Waals surface area contributed by atoms with Gasteiger partial charge in [-0.3, -0.25) is 4.79 Å². The molecule has 1 saturated carbocycles. The van der Waals surface area contributed by atoms with Crippen molar-refractivity contribution >= 4 is 22.5 Å². The van der Waals surface area contributed by atoms with Gasteiger partial charge in [0.25, 0.3) is 0 Å². The van der Waals surface area contributed by atoms with Gasteiger partial charge in [0.05, 0.1) is 6.07 Å². The van der Waals surface area contributed by atoms with Crippen LogP contribution in [-0.2, 0) is 11.3 Å². The molecule has 1 aromatic heterocycles. The number of anilines is 1. The zero-order chi connectivity index (χ0) is 15.6. The molecule has 0 unspecified atom stereocenters. The predicted molar refractivity (Wildman–Crippen MR) is 87.4 cm³/mol. The van der Waals surface area contributed by atoms with Crippen molar-refractivity contribution in [2.24, 2.45) is 5.41 Å². The number of carbonyl (C=O) groups excluding carboxylic acids is 1. The molecule has 1 amide bonds. The van der Waals surface area contributed by atoms with E-state index in [0.717, 1.165) is 36.9 Å². The van der Waals surface area contributed by atoms with Gasteiger partial charge < -0.3 is 9.88 Å². The van der Waals surface area contributed by atoms with Crippen molar-refractivity contribution in [2.45, 2.75) is 45.6 Å². The summed E-state index contributed by atoms with van der Waals surface area (Å²) in [5.74, 6) is -0.153. The first-order chi connectivity index (χ1) is 10.7. The van der Waals surface area contributed by atoms with Crippen LogP contribution in [0, 0.1) is 16.7 Å². The zero-order valence-corrected chi connectivity index (χ0v) is 12.9. The number of benzene rings is 1. The summed E-state index contributed by atoms with van der Waals surface area (Å²) in [6.45, 7) is 3.15. The van der Waals surface area contributed by atoms with Crippen LogP contribution in [0.5, 0.6) is 0 Å². The van der Waals surface area contributed by atoms with Crippen LogP contribution in [0.4, 0.5) is 5.69 Å². The second-order valence-electron chi connectivity index (χ2n) is 6.14. The van der Waals surface area contributed by atoms with Crippen LogP contribution in [0.15, 0.2) is 30.5 Å². The number of hydrogen-bond acceptors (Lipinski definition) is 2. The normalized spacial score (nSPS) is 16.5. The lowest BCUT2D eigenvalue weighted by atomic mass is 9.87. The third-order valence-electron chi connectivity index (χ3n) is 4.60. The van der Waals surface area contributed by atoms with Crippen LogP contribution in [-0.4, -0.2) is 10.5 Å². The Balaban J connectivity index is 1.82. The van der Waals surface area contributed by atoms with Crippen molar-refractivity contribution in [1.82, 2.24) is 4.57 Å². The number of nitrogens with one attached hydrogen (secondary N) is 1. The highest BCUT2D eigenvalue weighted by Crippen LogP contribution is 2.38. The van der Waals surface area contributed by atoms with Gasteiger partial charge in [-0.25, -0.2) is 0 Å². The van der Waals surface area contributed by atoms with Crippen LogP contribution in [0.2, 0.25) is 0 Å². The minimum Gasteiger partial charge on any atom is -0.347 e. The van der Waals surface area contributed by atoms with Crippen molar-refractivity contribution in [3.05, 3.63) is 30.5 Å². The highest BCUT2D eigenvalue weighted by molar-refractivity contribution is 5.99. The smallest absolute Gasteiger partial charge is 0.244 e. The van der Waals surface area contributed by atoms with E-state index >= 15 is 0 Å². The average Bonchev–Trinajstić information content (AvgIpc) is 3.15. The number of carbonyl (C=O) groups is 1. The van der Waals surface area contributed by atoms with Gasteiger partial charge >= 0.3 is 0 Å². The van der Waals surface area contributed by atoms with Crippen molar-refractivity contribution in [2.75, 3.05) is 5.32 Å². The van der Waals surface area contributed by atoms with Gasteiger partial charge in [0, 0.05) is 29.3 Å². The number of fused-ring (bicyclic) bond motifs is 1. The summed E-state index contributed by atoms with van der Waals surface area (Å²) in [6, 6.07) is 10.2. The van der Waals surface area contributed by atoms with Crippen LogP contribution >= 0.6 is 0 Å². The summed E-state index contributed by atoms with van der Waals surface area (Å²) in [5, 5.41) is 13.4. The van der Waals surface area contributed by atoms with Crippen LogP contribution in [0.25, 0.3) is 10.9 Å². The molecule has 0 spiro atoms. The molecule has 22 heavy (non-hydrogen) atoms. The Morgan fingerprint density at radius 2 is 2.14 bits per heavy atom. The fourth-order valence-electron chi connectivity index (χ4n) is 3.33. The monoisotopic (exact) mass is 295 g/mol. The average molecular weight is 295 g/mol. The molecule has 2 aromatic rings. The van der Waals surface area contributed by atoms with E-state index in [0.29, 0.717) is 12.8 Å². The molecule has 0 radical (unpaired) electrons. The summed E-state index contributed by atoms with van der Waals surface area (Å²) in [4.78, 5) is 12.5. The van der Waals surface area contributed by atoms with E-state index in [1.54, 1.807) is 0 Å². The molecule has 0 aliphatic heterocycles. The molecule has 1 aromatic carbocycles. The fraction of sp³-hybridized carbons (Fsp3) is 0.444. The maximum atomic E-state index is 12.5. The van der Waals surface area contributed by atoms with Gasteiger partial charge in [-0.1, -0.05) is 19.8 Å². The number of amides is 1. The summed E-state index contributed by atoms with van der Waals surface area (Å²) >= 11 is 0. The Morgan fingerprint density at radius 1 is 1.36 bits per heavy atom. The Labute approximate surface area is 130 Å². The first-order valence-corrected chi connectivity index (χ1v) is 8.00. The van der Waals surface area contributed by atoms with Gasteiger partial charge in [0.1, 0.15) is 5.41 Å². The van der Waals surface area contributed by atoms with Crippen molar-refractivity contribution in [3.63, 3.8) is 0 Å². The third kappa shape index (κ3) is 2.48. The van der Waals surface area contributed by atoms with Crippen molar-refractivity contribution in [3.8, 4) is 6.07 Å². The molecule has 4 nitrogen and oxygen atoms in total. The minimum atomic E-state index is -0.830. The molecular weight excluding hydrogens is 274 g/mol. The molecule has 0 bridgehead atoms. The van der Waals surface area contributed by atoms with Crippen molar-refractivity contribution < 1.29 is 4.79 Å². The Hall–Kier alpha value is -2.28. The van der Waals surface area contributed by atoms with Gasteiger partial charge in [-0.15, -0.1) is 0 Å². The van der Waals surface area contributed by atoms with E-state index in [1.807, 2.05) is 18.2 Å². The summed E-state index contributed by atoms with van der Waals surface area (Å²) < 4.78 is 2.22. The molecule has 1 heterocycles. The molecule has 4 heteroatoms. The lowest BCUT2D eigenvalue weighted by Crippen LogP contribution is -2.32. The van der Waals surface area contributed by atoms with E-state index in [9.17, 15) is 10.1 Å². The summed E-state index contributed by atoms with van der Waals surface area (Å²) in [5.41, 5.74) is 1.12. The number of rotatable bonds is 4. The molecule has 1 N–H and O–H groups in total. The second kappa shape index (κ2) is 5.84. The molecule has 1 aliphatic rings. The van der Waals surface area contributed by atoms with Gasteiger partial charge in [-0.2, -0.15) is 5.26 Å². The second-order valence-corrected chi connectivity index (χ2v) is 6.14. The van der Waals surface area contributed by atoms with E-state index in [2.05, 4.69) is 35.1 Å². The van der Waals surface area contributed by atoms with Crippen LogP contribution in [0.1, 0.15) is 39.0 Å². The molecule has 1 aliphatic carbocycles. The highest BCUT2D eigenvalue weighted by atomic mass is 16.2. The summed E-state index contributed by atoms with van der Waals surface area (Å²) in [6.07, 6.45) is 6.43. The number of aromatic nitrogens is 1. The van der Waals surface area contributed by atoms with Crippen LogP contribution < -0.4 is 5.32 Å².